The molecule has 0 spiro atoms. The number of carbonyl (C=O) groups excluding carboxylic acids is 1. The normalized spacial score (nSPS) is 19.0. The zero-order valence-corrected chi connectivity index (χ0v) is 16.1. The molecule has 1 N–H and O–H groups in total. The Morgan fingerprint density at radius 2 is 2.08 bits per heavy atom. The number of benzene rings is 1. The van der Waals surface area contributed by atoms with Crippen molar-refractivity contribution in [3.05, 3.63) is 18.2 Å². The Balaban J connectivity index is 2.18. The lowest BCUT2D eigenvalue weighted by molar-refractivity contribution is -0.118. The molecule has 25 heavy (non-hydrogen) atoms. The topological polar surface area (TPSA) is 79.0 Å². The van der Waals surface area contributed by atoms with Crippen molar-refractivity contribution in [2.75, 3.05) is 39.6 Å². The van der Waals surface area contributed by atoms with Crippen LogP contribution in [0, 0.1) is 0 Å². The average molecular weight is 369 g/mol. The molecule has 1 amide bonds. The highest BCUT2D eigenvalue weighted by Gasteiger charge is 2.22. The van der Waals surface area contributed by atoms with E-state index in [0.717, 1.165) is 23.7 Å². The van der Waals surface area contributed by atoms with Crippen molar-refractivity contribution >= 4 is 21.6 Å². The monoisotopic (exact) mass is 369 g/mol. The van der Waals surface area contributed by atoms with Crippen molar-refractivity contribution in [3.8, 4) is 5.75 Å². The van der Waals surface area contributed by atoms with Gasteiger partial charge in [0.1, 0.15) is 5.75 Å². The summed E-state index contributed by atoms with van der Waals surface area (Å²) in [5.41, 5.74) is 0.361. The van der Waals surface area contributed by atoms with Crippen LogP contribution in [0.2, 0.25) is 0 Å². The first-order valence-corrected chi connectivity index (χ1v) is 9.84. The van der Waals surface area contributed by atoms with Gasteiger partial charge in [-0.25, -0.2) is 12.7 Å². The number of nitrogens with one attached hydrogen (secondary N) is 1. The molecule has 1 unspecified atom stereocenters. The molecular formula is C17H27N3O4S. The van der Waals surface area contributed by atoms with E-state index >= 15 is 0 Å². The number of methoxy groups -OCH3 is 1. The first-order valence-electron chi connectivity index (χ1n) is 8.40. The van der Waals surface area contributed by atoms with Crippen molar-refractivity contribution in [1.29, 1.82) is 0 Å². The van der Waals surface area contributed by atoms with Gasteiger partial charge in [0.15, 0.2) is 0 Å². The first-order chi connectivity index (χ1) is 11.8. The third kappa shape index (κ3) is 4.71. The summed E-state index contributed by atoms with van der Waals surface area (Å²) in [6.07, 6.45) is 3.38. The van der Waals surface area contributed by atoms with E-state index in [1.807, 2.05) is 0 Å². The molecule has 1 aliphatic heterocycles. The van der Waals surface area contributed by atoms with Gasteiger partial charge in [0.2, 0.25) is 15.9 Å². The molecule has 0 aliphatic carbocycles. The van der Waals surface area contributed by atoms with Crippen LogP contribution >= 0.6 is 0 Å². The van der Waals surface area contributed by atoms with Crippen LogP contribution < -0.4 is 10.1 Å². The Labute approximate surface area is 150 Å². The number of amides is 1. The van der Waals surface area contributed by atoms with Crippen LogP contribution in [0.1, 0.15) is 26.2 Å². The van der Waals surface area contributed by atoms with Gasteiger partial charge in [-0.3, -0.25) is 9.69 Å². The molecule has 1 saturated heterocycles. The lowest BCUT2D eigenvalue weighted by Crippen LogP contribution is -2.42. The minimum atomic E-state index is -3.58. The van der Waals surface area contributed by atoms with Gasteiger partial charge in [0, 0.05) is 20.1 Å². The third-order valence-electron chi connectivity index (χ3n) is 4.51. The van der Waals surface area contributed by atoms with E-state index in [1.165, 1.54) is 39.8 Å². The van der Waals surface area contributed by atoms with E-state index in [1.54, 1.807) is 6.07 Å². The average Bonchev–Trinajstić information content (AvgIpc) is 2.56. The van der Waals surface area contributed by atoms with Gasteiger partial charge in [-0.2, -0.15) is 0 Å². The molecular weight excluding hydrogens is 342 g/mol. The van der Waals surface area contributed by atoms with Crippen LogP contribution in [0.5, 0.6) is 5.75 Å². The summed E-state index contributed by atoms with van der Waals surface area (Å²) in [7, 11) is 0.840. The molecule has 140 valence electrons. The van der Waals surface area contributed by atoms with Gasteiger partial charge in [-0.15, -0.1) is 0 Å². The molecule has 1 aliphatic rings. The minimum absolute atomic E-state index is 0.111. The summed E-state index contributed by atoms with van der Waals surface area (Å²) < 4.78 is 31.0. The van der Waals surface area contributed by atoms with E-state index in [2.05, 4.69) is 17.1 Å². The van der Waals surface area contributed by atoms with Gasteiger partial charge < -0.3 is 10.1 Å². The molecule has 0 aromatic heterocycles. The van der Waals surface area contributed by atoms with Crippen LogP contribution in [0.4, 0.5) is 5.69 Å². The highest BCUT2D eigenvalue weighted by atomic mass is 32.2. The predicted molar refractivity (Wildman–Crippen MR) is 97.4 cm³/mol. The standard InChI is InChI=1S/C17H27N3O4S/c1-13-7-5-6-10-20(13)12-17(21)18-15-11-14(8-9-16(15)24-4)25(22,23)19(2)3/h8-9,11,13H,5-7,10,12H2,1-4H3,(H,18,21). The van der Waals surface area contributed by atoms with Crippen molar-refractivity contribution in [3.63, 3.8) is 0 Å². The fraction of sp³-hybridized carbons (Fsp3) is 0.588. The number of hydrogen-bond donors (Lipinski definition) is 1. The second-order valence-corrected chi connectivity index (χ2v) is 8.66. The van der Waals surface area contributed by atoms with Crippen LogP contribution in [0.3, 0.4) is 0 Å². The number of piperidine rings is 1. The predicted octanol–water partition coefficient (Wildman–Crippen LogP) is 1.76. The summed E-state index contributed by atoms with van der Waals surface area (Å²) in [6.45, 7) is 3.31. The van der Waals surface area contributed by atoms with Crippen molar-refractivity contribution in [2.24, 2.45) is 0 Å². The quantitative estimate of drug-likeness (QED) is 0.827. The number of rotatable bonds is 6. The Morgan fingerprint density at radius 1 is 1.36 bits per heavy atom. The van der Waals surface area contributed by atoms with E-state index < -0.39 is 10.0 Å². The van der Waals surface area contributed by atoms with Crippen molar-refractivity contribution in [1.82, 2.24) is 9.21 Å². The lowest BCUT2D eigenvalue weighted by atomic mass is 10.0. The molecule has 1 aromatic carbocycles. The molecule has 1 fully saturated rings. The summed E-state index contributed by atoms with van der Waals surface area (Å²) in [5, 5.41) is 2.79. The molecule has 7 nitrogen and oxygen atoms in total. The molecule has 0 saturated carbocycles. The maximum absolute atomic E-state index is 12.4. The zero-order chi connectivity index (χ0) is 18.6. The number of carbonyl (C=O) groups is 1. The first kappa shape index (κ1) is 19.7. The maximum atomic E-state index is 12.4. The summed E-state index contributed by atoms with van der Waals surface area (Å²) in [4.78, 5) is 14.7. The SMILES string of the molecule is COc1ccc(S(=O)(=O)N(C)C)cc1NC(=O)CN1CCCCC1C. The number of sulfonamides is 1. The Bertz CT molecular complexity index is 719. The second kappa shape index (κ2) is 8.16. The Morgan fingerprint density at radius 3 is 2.68 bits per heavy atom. The van der Waals surface area contributed by atoms with Crippen LogP contribution in [-0.4, -0.2) is 63.9 Å². The molecule has 0 bridgehead atoms. The second-order valence-electron chi connectivity index (χ2n) is 6.51. The number of ether oxygens (including phenoxy) is 1. The highest BCUT2D eigenvalue weighted by Crippen LogP contribution is 2.28. The van der Waals surface area contributed by atoms with E-state index in [9.17, 15) is 13.2 Å². The Kier molecular flexibility index (Phi) is 6.42. The van der Waals surface area contributed by atoms with E-state index in [0.29, 0.717) is 17.5 Å². The zero-order valence-electron chi connectivity index (χ0n) is 15.3. The molecule has 1 atom stereocenters. The van der Waals surface area contributed by atoms with Crippen molar-refractivity contribution < 1.29 is 17.9 Å². The molecule has 0 radical (unpaired) electrons. The Hall–Kier alpha value is -1.64. The summed E-state index contributed by atoms with van der Waals surface area (Å²) in [5.74, 6) is 0.254. The fourth-order valence-electron chi connectivity index (χ4n) is 2.92. The summed E-state index contributed by atoms with van der Waals surface area (Å²) >= 11 is 0. The van der Waals surface area contributed by atoms with Crippen LogP contribution in [-0.2, 0) is 14.8 Å². The lowest BCUT2D eigenvalue weighted by Gasteiger charge is -2.32. The number of anilines is 1. The van der Waals surface area contributed by atoms with Gasteiger partial charge in [-0.1, -0.05) is 6.42 Å². The molecule has 8 heteroatoms. The van der Waals surface area contributed by atoms with Gasteiger partial charge >= 0.3 is 0 Å². The number of likely N-dealkylation sites (tertiary alicyclic amines) is 1. The van der Waals surface area contributed by atoms with Gasteiger partial charge in [0.05, 0.1) is 24.2 Å². The molecule has 1 aromatic rings. The fourth-order valence-corrected chi connectivity index (χ4v) is 3.85. The number of hydrogen-bond acceptors (Lipinski definition) is 5. The highest BCUT2D eigenvalue weighted by molar-refractivity contribution is 7.89. The smallest absolute Gasteiger partial charge is 0.242 e. The summed E-state index contributed by atoms with van der Waals surface area (Å²) in [6, 6.07) is 4.83. The van der Waals surface area contributed by atoms with E-state index in [-0.39, 0.29) is 17.3 Å². The molecule has 1 heterocycles. The maximum Gasteiger partial charge on any atom is 0.242 e. The van der Waals surface area contributed by atoms with Gasteiger partial charge in [0.25, 0.3) is 0 Å². The van der Waals surface area contributed by atoms with E-state index in [4.69, 9.17) is 4.74 Å². The minimum Gasteiger partial charge on any atom is -0.495 e. The van der Waals surface area contributed by atoms with Crippen molar-refractivity contribution in [2.45, 2.75) is 37.1 Å². The van der Waals surface area contributed by atoms with Gasteiger partial charge in [-0.05, 0) is 44.5 Å². The number of nitrogens with zero attached hydrogens (tertiary/aromatic N) is 2. The largest absolute Gasteiger partial charge is 0.495 e. The third-order valence-corrected chi connectivity index (χ3v) is 6.32. The molecule has 2 rings (SSSR count). The van der Waals surface area contributed by atoms with Crippen LogP contribution in [0.25, 0.3) is 0 Å². The van der Waals surface area contributed by atoms with Crippen LogP contribution in [0.15, 0.2) is 23.1 Å².